The first-order chi connectivity index (χ1) is 8.50. The Labute approximate surface area is 104 Å². The lowest BCUT2D eigenvalue weighted by atomic mass is 10.2. The second-order valence-electron chi connectivity index (χ2n) is 3.71. The highest BCUT2D eigenvalue weighted by Crippen LogP contribution is 2.22. The number of hydrogen-bond donors (Lipinski definition) is 3. The molecule has 8 nitrogen and oxygen atoms in total. The van der Waals surface area contributed by atoms with Gasteiger partial charge < -0.3 is 16.8 Å². The summed E-state index contributed by atoms with van der Waals surface area (Å²) in [5.74, 6) is -0.0117. The van der Waals surface area contributed by atoms with Crippen molar-refractivity contribution in [2.75, 3.05) is 17.6 Å². The lowest BCUT2D eigenvalue weighted by Gasteiger charge is -2.06. The van der Waals surface area contributed by atoms with Gasteiger partial charge in [-0.2, -0.15) is 0 Å². The summed E-state index contributed by atoms with van der Waals surface area (Å²) in [6.07, 6.45) is 1.59. The van der Waals surface area contributed by atoms with Crippen molar-refractivity contribution >= 4 is 23.2 Å². The van der Waals surface area contributed by atoms with Crippen LogP contribution in [0.1, 0.15) is 19.3 Å². The predicted octanol–water partition coefficient (Wildman–Crippen LogP) is 0.639. The molecule has 0 spiro atoms. The number of aromatic nitrogens is 1. The van der Waals surface area contributed by atoms with Crippen molar-refractivity contribution in [2.45, 2.75) is 19.3 Å². The smallest absolute Gasteiger partial charge is 0.311 e. The van der Waals surface area contributed by atoms with Gasteiger partial charge in [0.15, 0.2) is 0 Å². The third kappa shape index (κ3) is 4.24. The minimum atomic E-state index is -0.530. The SMILES string of the molecule is NC(=O)CCCCNc1nc(N)ccc1[N+](=O)[O-]. The molecule has 1 aromatic heterocycles. The van der Waals surface area contributed by atoms with Crippen LogP contribution in [0.25, 0.3) is 0 Å². The molecule has 0 aromatic carbocycles. The average Bonchev–Trinajstić information content (AvgIpc) is 2.27. The van der Waals surface area contributed by atoms with Crippen molar-refractivity contribution in [3.8, 4) is 0 Å². The molecule has 0 bridgehead atoms. The Morgan fingerprint density at radius 1 is 1.44 bits per heavy atom. The highest BCUT2D eigenvalue weighted by Gasteiger charge is 2.14. The van der Waals surface area contributed by atoms with Crippen LogP contribution in [0.15, 0.2) is 12.1 Å². The van der Waals surface area contributed by atoms with Crippen LogP contribution >= 0.6 is 0 Å². The van der Waals surface area contributed by atoms with Gasteiger partial charge in [0.1, 0.15) is 5.82 Å². The molecule has 5 N–H and O–H groups in total. The zero-order chi connectivity index (χ0) is 13.5. The number of unbranched alkanes of at least 4 members (excludes halogenated alkanes) is 1. The number of hydrogen-bond acceptors (Lipinski definition) is 6. The summed E-state index contributed by atoms with van der Waals surface area (Å²) in [5.41, 5.74) is 10.3. The van der Waals surface area contributed by atoms with Crippen LogP contribution in [0.2, 0.25) is 0 Å². The molecule has 98 valence electrons. The van der Waals surface area contributed by atoms with Crippen LogP contribution < -0.4 is 16.8 Å². The Morgan fingerprint density at radius 2 is 2.17 bits per heavy atom. The number of carbonyl (C=O) groups excluding carboxylic acids is 1. The minimum Gasteiger partial charge on any atom is -0.384 e. The third-order valence-corrected chi connectivity index (χ3v) is 2.23. The quantitative estimate of drug-likeness (QED) is 0.370. The van der Waals surface area contributed by atoms with Gasteiger partial charge in [0, 0.05) is 19.0 Å². The van der Waals surface area contributed by atoms with Gasteiger partial charge in [-0.1, -0.05) is 0 Å². The number of pyridine rings is 1. The number of rotatable bonds is 7. The molecular weight excluding hydrogens is 238 g/mol. The van der Waals surface area contributed by atoms with E-state index in [-0.39, 0.29) is 23.2 Å². The number of anilines is 2. The number of nitro groups is 1. The summed E-state index contributed by atoms with van der Waals surface area (Å²) in [6.45, 7) is 0.463. The molecule has 1 rings (SSSR count). The van der Waals surface area contributed by atoms with Gasteiger partial charge in [0.25, 0.3) is 0 Å². The number of carbonyl (C=O) groups is 1. The first-order valence-corrected chi connectivity index (χ1v) is 5.44. The van der Waals surface area contributed by atoms with Crippen molar-refractivity contribution in [1.29, 1.82) is 0 Å². The standard InChI is InChI=1S/C10H15N5O3/c11-8-5-4-7(15(17)18)10(14-8)13-6-2-1-3-9(12)16/h4-5H,1-3,6H2,(H2,12,16)(H3,11,13,14). The van der Waals surface area contributed by atoms with Crippen LogP contribution in [-0.2, 0) is 4.79 Å². The zero-order valence-corrected chi connectivity index (χ0v) is 9.76. The van der Waals surface area contributed by atoms with E-state index in [0.717, 1.165) is 0 Å². The summed E-state index contributed by atoms with van der Waals surface area (Å²) < 4.78 is 0. The van der Waals surface area contributed by atoms with E-state index in [0.29, 0.717) is 25.8 Å². The van der Waals surface area contributed by atoms with Crippen molar-refractivity contribution in [1.82, 2.24) is 4.98 Å². The number of nitrogens with one attached hydrogen (secondary N) is 1. The maximum Gasteiger partial charge on any atom is 0.311 e. The van der Waals surface area contributed by atoms with E-state index in [1.807, 2.05) is 0 Å². The Kier molecular flexibility index (Phi) is 4.85. The number of primary amides is 1. The van der Waals surface area contributed by atoms with Crippen molar-refractivity contribution in [3.63, 3.8) is 0 Å². The summed E-state index contributed by atoms with van der Waals surface area (Å²) in [5, 5.41) is 13.6. The predicted molar refractivity (Wildman–Crippen MR) is 66.8 cm³/mol. The van der Waals surface area contributed by atoms with Gasteiger partial charge in [-0.05, 0) is 18.9 Å². The molecule has 18 heavy (non-hydrogen) atoms. The number of nitrogen functional groups attached to an aromatic ring is 1. The first-order valence-electron chi connectivity index (χ1n) is 5.44. The van der Waals surface area contributed by atoms with Gasteiger partial charge in [-0.25, -0.2) is 4.98 Å². The van der Waals surface area contributed by atoms with Crippen LogP contribution in [0, 0.1) is 10.1 Å². The Bertz CT molecular complexity index is 449. The molecule has 1 amide bonds. The lowest BCUT2D eigenvalue weighted by Crippen LogP contribution is -2.11. The highest BCUT2D eigenvalue weighted by molar-refractivity contribution is 5.73. The summed E-state index contributed by atoms with van der Waals surface area (Å²) >= 11 is 0. The van der Waals surface area contributed by atoms with E-state index in [1.54, 1.807) is 0 Å². The summed E-state index contributed by atoms with van der Waals surface area (Å²) in [7, 11) is 0. The van der Waals surface area contributed by atoms with E-state index in [9.17, 15) is 14.9 Å². The molecular formula is C10H15N5O3. The monoisotopic (exact) mass is 253 g/mol. The number of nitrogens with two attached hydrogens (primary N) is 2. The highest BCUT2D eigenvalue weighted by atomic mass is 16.6. The minimum absolute atomic E-state index is 0.126. The largest absolute Gasteiger partial charge is 0.384 e. The van der Waals surface area contributed by atoms with Crippen LogP contribution in [0.3, 0.4) is 0 Å². The molecule has 0 aliphatic rings. The van der Waals surface area contributed by atoms with Gasteiger partial charge >= 0.3 is 5.69 Å². The molecule has 0 saturated heterocycles. The molecule has 0 fully saturated rings. The summed E-state index contributed by atoms with van der Waals surface area (Å²) in [6, 6.07) is 2.67. The van der Waals surface area contributed by atoms with E-state index < -0.39 is 4.92 Å². The first kappa shape index (κ1) is 13.7. The van der Waals surface area contributed by atoms with Crippen LogP contribution in [-0.4, -0.2) is 22.4 Å². The fraction of sp³-hybridized carbons (Fsp3) is 0.400. The number of nitrogens with zero attached hydrogens (tertiary/aromatic N) is 2. The maximum atomic E-state index is 10.7. The molecule has 0 radical (unpaired) electrons. The third-order valence-electron chi connectivity index (χ3n) is 2.23. The van der Waals surface area contributed by atoms with E-state index in [4.69, 9.17) is 11.5 Å². The topological polar surface area (TPSA) is 137 Å². The molecule has 1 aromatic rings. The normalized spacial score (nSPS) is 10.0. The Balaban J connectivity index is 2.53. The lowest BCUT2D eigenvalue weighted by molar-refractivity contribution is -0.384. The molecule has 0 unspecified atom stereocenters. The zero-order valence-electron chi connectivity index (χ0n) is 9.76. The van der Waals surface area contributed by atoms with Crippen molar-refractivity contribution in [2.24, 2.45) is 5.73 Å². The van der Waals surface area contributed by atoms with Gasteiger partial charge in [0.05, 0.1) is 4.92 Å². The summed E-state index contributed by atoms with van der Waals surface area (Å²) in [4.78, 5) is 24.6. The molecule has 0 aliphatic heterocycles. The van der Waals surface area contributed by atoms with E-state index in [2.05, 4.69) is 10.3 Å². The van der Waals surface area contributed by atoms with Gasteiger partial charge in [-0.3, -0.25) is 14.9 Å². The van der Waals surface area contributed by atoms with Crippen molar-refractivity contribution < 1.29 is 9.72 Å². The van der Waals surface area contributed by atoms with Crippen molar-refractivity contribution in [3.05, 3.63) is 22.2 Å². The Morgan fingerprint density at radius 3 is 2.78 bits per heavy atom. The fourth-order valence-electron chi connectivity index (χ4n) is 1.38. The second-order valence-corrected chi connectivity index (χ2v) is 3.71. The molecule has 0 atom stereocenters. The van der Waals surface area contributed by atoms with Gasteiger partial charge in [0.2, 0.25) is 11.7 Å². The van der Waals surface area contributed by atoms with Crippen LogP contribution in [0.5, 0.6) is 0 Å². The molecule has 0 saturated carbocycles. The van der Waals surface area contributed by atoms with E-state index >= 15 is 0 Å². The molecule has 1 heterocycles. The van der Waals surface area contributed by atoms with Gasteiger partial charge in [-0.15, -0.1) is 0 Å². The van der Waals surface area contributed by atoms with Crippen LogP contribution in [0.4, 0.5) is 17.3 Å². The maximum absolute atomic E-state index is 10.7. The van der Waals surface area contributed by atoms with E-state index in [1.165, 1.54) is 12.1 Å². The molecule has 0 aliphatic carbocycles. The molecule has 8 heteroatoms. The number of amides is 1. The Hall–Kier alpha value is -2.38. The second kappa shape index (κ2) is 6.38. The fourth-order valence-corrected chi connectivity index (χ4v) is 1.38. The average molecular weight is 253 g/mol.